The number of fused-ring (bicyclic) bond motifs is 1. The lowest BCUT2D eigenvalue weighted by atomic mass is 9.90. The molecule has 0 aliphatic heterocycles. The van der Waals surface area contributed by atoms with Crippen LogP contribution in [0.1, 0.15) is 23.5 Å². The van der Waals surface area contributed by atoms with E-state index in [2.05, 4.69) is 57.8 Å². The molecule has 1 aromatic heterocycles. The molecule has 2 aromatic carbocycles. The fourth-order valence-electron chi connectivity index (χ4n) is 3.33. The third kappa shape index (κ3) is 4.06. The van der Waals surface area contributed by atoms with Crippen molar-refractivity contribution < 1.29 is 15.2 Å². The van der Waals surface area contributed by atoms with E-state index in [0.717, 1.165) is 17.7 Å². The smallest absolute Gasteiger partial charge is 0.0867 e. The lowest BCUT2D eigenvalue weighted by Gasteiger charge is -2.18. The third-order valence-corrected chi connectivity index (χ3v) is 4.76. The first-order chi connectivity index (χ1) is 12.6. The maximum Gasteiger partial charge on any atom is 0.0867 e. The standard InChI is InChI=1S/C21H25N3O2/c1-24(2)16-9-7-15(8-10-16)18(13-22-12-11-21(25)26)19-14-23-20-6-4-3-5-17(19)20/h3-10,14,18,22-23H,11-13H2,1-2H3,(H,25,26)/t18-/m0/s1. The number of carboxylic acid groups (broad SMARTS) is 1. The Morgan fingerprint density at radius 3 is 2.58 bits per heavy atom. The van der Waals surface area contributed by atoms with Crippen molar-refractivity contribution in [3.05, 3.63) is 65.9 Å². The van der Waals surface area contributed by atoms with Gasteiger partial charge in [0.15, 0.2) is 0 Å². The zero-order valence-corrected chi connectivity index (χ0v) is 15.2. The van der Waals surface area contributed by atoms with Gasteiger partial charge in [0.05, 0.1) is 19.0 Å². The number of nitrogens with one attached hydrogen (secondary N) is 1. The summed E-state index contributed by atoms with van der Waals surface area (Å²) in [5, 5.41) is 13.9. The fourth-order valence-corrected chi connectivity index (χ4v) is 3.33. The van der Waals surface area contributed by atoms with Gasteiger partial charge < -0.3 is 25.1 Å². The van der Waals surface area contributed by atoms with Crippen molar-refractivity contribution >= 4 is 22.6 Å². The number of hydrogen-bond donors (Lipinski definition) is 2. The van der Waals surface area contributed by atoms with Crippen LogP contribution >= 0.6 is 0 Å². The number of quaternary nitrogens is 1. The maximum atomic E-state index is 10.7. The summed E-state index contributed by atoms with van der Waals surface area (Å²) >= 11 is 0. The lowest BCUT2D eigenvalue weighted by molar-refractivity contribution is -0.655. The molecule has 0 bridgehead atoms. The lowest BCUT2D eigenvalue weighted by Crippen LogP contribution is -2.85. The van der Waals surface area contributed by atoms with E-state index in [4.69, 9.17) is 0 Å². The summed E-state index contributed by atoms with van der Waals surface area (Å²) in [5.41, 5.74) is 4.74. The van der Waals surface area contributed by atoms with Crippen LogP contribution in [0.2, 0.25) is 0 Å². The summed E-state index contributed by atoms with van der Waals surface area (Å²) in [6, 6.07) is 16.8. The second-order valence-electron chi connectivity index (χ2n) is 6.76. The van der Waals surface area contributed by atoms with Gasteiger partial charge in [-0.15, -0.1) is 0 Å². The highest BCUT2D eigenvalue weighted by molar-refractivity contribution is 5.84. The minimum Gasteiger partial charge on any atom is -0.550 e. The summed E-state index contributed by atoms with van der Waals surface area (Å²) in [7, 11) is 4.06. The molecule has 0 fully saturated rings. The minimum absolute atomic E-state index is 0.0696. The molecule has 3 rings (SSSR count). The third-order valence-electron chi connectivity index (χ3n) is 4.76. The molecule has 3 aromatic rings. The van der Waals surface area contributed by atoms with Gasteiger partial charge in [-0.1, -0.05) is 30.3 Å². The highest BCUT2D eigenvalue weighted by atomic mass is 16.4. The Labute approximate surface area is 153 Å². The van der Waals surface area contributed by atoms with Gasteiger partial charge in [0.25, 0.3) is 0 Å². The average Bonchev–Trinajstić information content (AvgIpc) is 3.05. The molecule has 5 heteroatoms. The van der Waals surface area contributed by atoms with E-state index in [1.165, 1.54) is 16.5 Å². The zero-order chi connectivity index (χ0) is 18.5. The average molecular weight is 351 g/mol. The number of nitrogens with two attached hydrogens (primary N) is 1. The molecular formula is C21H25N3O2. The number of aromatic nitrogens is 1. The van der Waals surface area contributed by atoms with Gasteiger partial charge in [-0.2, -0.15) is 0 Å². The normalized spacial score (nSPS) is 12.2. The van der Waals surface area contributed by atoms with Crippen molar-refractivity contribution in [1.82, 2.24) is 4.98 Å². The first kappa shape index (κ1) is 18.0. The number of carbonyl (C=O) groups is 1. The number of para-hydroxylation sites is 1. The Morgan fingerprint density at radius 2 is 1.88 bits per heavy atom. The van der Waals surface area contributed by atoms with Crippen molar-refractivity contribution in [3.63, 3.8) is 0 Å². The molecule has 0 unspecified atom stereocenters. The Morgan fingerprint density at radius 1 is 1.15 bits per heavy atom. The van der Waals surface area contributed by atoms with E-state index in [9.17, 15) is 9.90 Å². The van der Waals surface area contributed by atoms with Crippen LogP contribution in [-0.2, 0) is 4.79 Å². The molecule has 1 heterocycles. The summed E-state index contributed by atoms with van der Waals surface area (Å²) < 4.78 is 0. The fraction of sp³-hybridized carbons (Fsp3) is 0.286. The van der Waals surface area contributed by atoms with E-state index in [1.807, 2.05) is 26.2 Å². The molecule has 0 radical (unpaired) electrons. The molecule has 3 N–H and O–H groups in total. The van der Waals surface area contributed by atoms with Gasteiger partial charge >= 0.3 is 0 Å². The number of nitrogens with zero attached hydrogens (tertiary/aromatic N) is 1. The van der Waals surface area contributed by atoms with Crippen LogP contribution in [0.4, 0.5) is 5.69 Å². The van der Waals surface area contributed by atoms with Crippen molar-refractivity contribution in [1.29, 1.82) is 0 Å². The highest BCUT2D eigenvalue weighted by Crippen LogP contribution is 2.30. The van der Waals surface area contributed by atoms with E-state index >= 15 is 0 Å². The van der Waals surface area contributed by atoms with Gasteiger partial charge in [0, 0.05) is 49.3 Å². The topological polar surface area (TPSA) is 75.8 Å². The number of aromatic amines is 1. The predicted octanol–water partition coefficient (Wildman–Crippen LogP) is 1.07. The molecular weight excluding hydrogens is 326 g/mol. The van der Waals surface area contributed by atoms with Crippen LogP contribution in [0.25, 0.3) is 10.9 Å². The van der Waals surface area contributed by atoms with Crippen molar-refractivity contribution in [2.45, 2.75) is 12.3 Å². The zero-order valence-electron chi connectivity index (χ0n) is 15.2. The number of anilines is 1. The molecule has 5 nitrogen and oxygen atoms in total. The molecule has 1 atom stereocenters. The molecule has 0 spiro atoms. The highest BCUT2D eigenvalue weighted by Gasteiger charge is 2.20. The van der Waals surface area contributed by atoms with Gasteiger partial charge in [0.1, 0.15) is 0 Å². The van der Waals surface area contributed by atoms with Crippen LogP contribution in [0.3, 0.4) is 0 Å². The Balaban J connectivity index is 1.89. The van der Waals surface area contributed by atoms with Crippen LogP contribution in [-0.4, -0.2) is 38.1 Å². The summed E-state index contributed by atoms with van der Waals surface area (Å²) in [6.07, 6.45) is 2.14. The number of aliphatic carboxylic acids is 1. The monoisotopic (exact) mass is 351 g/mol. The molecule has 136 valence electrons. The van der Waals surface area contributed by atoms with E-state index in [-0.39, 0.29) is 12.3 Å². The second kappa shape index (κ2) is 8.06. The molecule has 0 saturated heterocycles. The van der Waals surface area contributed by atoms with Crippen LogP contribution in [0.15, 0.2) is 54.7 Å². The maximum absolute atomic E-state index is 10.7. The number of benzene rings is 2. The SMILES string of the molecule is CN(C)c1ccc([C@H](C[NH2+]CCC(=O)[O-])c2c[nH]c3ccccc23)cc1. The Bertz CT molecular complexity index is 868. The molecule has 0 amide bonds. The van der Waals surface area contributed by atoms with Gasteiger partial charge in [0.2, 0.25) is 0 Å². The molecule has 0 saturated carbocycles. The number of carboxylic acids is 1. The quantitative estimate of drug-likeness (QED) is 0.596. The van der Waals surface area contributed by atoms with Crippen molar-refractivity contribution in [2.75, 3.05) is 32.1 Å². The van der Waals surface area contributed by atoms with Crippen LogP contribution in [0.5, 0.6) is 0 Å². The number of rotatable bonds is 8. The van der Waals surface area contributed by atoms with E-state index in [1.54, 1.807) is 0 Å². The second-order valence-corrected chi connectivity index (χ2v) is 6.76. The Hall–Kier alpha value is -2.79. The first-order valence-corrected chi connectivity index (χ1v) is 8.91. The summed E-state index contributed by atoms with van der Waals surface area (Å²) in [4.78, 5) is 16.1. The molecule has 26 heavy (non-hydrogen) atoms. The summed E-state index contributed by atoms with van der Waals surface area (Å²) in [5.74, 6) is -0.815. The van der Waals surface area contributed by atoms with E-state index < -0.39 is 5.97 Å². The first-order valence-electron chi connectivity index (χ1n) is 8.91. The number of H-pyrrole nitrogens is 1. The molecule has 0 aliphatic carbocycles. The predicted molar refractivity (Wildman–Crippen MR) is 102 cm³/mol. The van der Waals surface area contributed by atoms with E-state index in [0.29, 0.717) is 6.54 Å². The van der Waals surface area contributed by atoms with Gasteiger partial charge in [-0.05, 0) is 29.3 Å². The Kier molecular flexibility index (Phi) is 5.58. The van der Waals surface area contributed by atoms with Gasteiger partial charge in [-0.3, -0.25) is 0 Å². The number of hydrogen-bond acceptors (Lipinski definition) is 3. The van der Waals surface area contributed by atoms with Crippen LogP contribution < -0.4 is 15.3 Å². The number of carbonyl (C=O) groups excluding carboxylic acids is 1. The largest absolute Gasteiger partial charge is 0.550 e. The van der Waals surface area contributed by atoms with Crippen molar-refractivity contribution in [3.8, 4) is 0 Å². The van der Waals surface area contributed by atoms with Gasteiger partial charge in [-0.25, -0.2) is 0 Å². The summed E-state index contributed by atoms with van der Waals surface area (Å²) in [6.45, 7) is 1.31. The molecule has 0 aliphatic rings. The van der Waals surface area contributed by atoms with Crippen molar-refractivity contribution in [2.24, 2.45) is 0 Å². The van der Waals surface area contributed by atoms with Crippen LogP contribution in [0, 0.1) is 0 Å². The minimum atomic E-state index is -1.000.